The molecule has 0 aliphatic rings. The van der Waals surface area contributed by atoms with E-state index in [9.17, 15) is 9.59 Å². The first kappa shape index (κ1) is 14.2. The molecular weight excluding hydrogens is 304 g/mol. The summed E-state index contributed by atoms with van der Waals surface area (Å²) < 4.78 is 0.858. The molecule has 0 saturated carbocycles. The molecule has 1 heterocycles. The van der Waals surface area contributed by atoms with Crippen molar-refractivity contribution in [1.29, 1.82) is 0 Å². The molecule has 0 aromatic carbocycles. The molecule has 0 fully saturated rings. The summed E-state index contributed by atoms with van der Waals surface area (Å²) in [6, 6.07) is 0. The van der Waals surface area contributed by atoms with Crippen LogP contribution in [-0.4, -0.2) is 18.4 Å². The van der Waals surface area contributed by atoms with Gasteiger partial charge in [0.25, 0.3) is 5.91 Å². The number of aryl methyl sites for hydroxylation is 1. The van der Waals surface area contributed by atoms with Gasteiger partial charge in [-0.25, -0.2) is 0 Å². The molecule has 0 aliphatic carbocycles. The highest BCUT2D eigenvalue weighted by atomic mass is 79.9. The van der Waals surface area contributed by atoms with Crippen molar-refractivity contribution in [3.8, 4) is 0 Å². The standard InChI is InChI=1S/C11H15BrN2O2S/c1-7-6-17-10(9(7)12)11(16)14-5-3-2-4-8(13)15/h6H,2-5H2,1H3,(H2,13,15)(H,14,16). The van der Waals surface area contributed by atoms with Crippen LogP contribution in [-0.2, 0) is 4.79 Å². The van der Waals surface area contributed by atoms with Crippen LogP contribution in [0.4, 0.5) is 0 Å². The van der Waals surface area contributed by atoms with Crippen molar-refractivity contribution in [2.75, 3.05) is 6.54 Å². The van der Waals surface area contributed by atoms with Gasteiger partial charge in [-0.15, -0.1) is 11.3 Å². The minimum Gasteiger partial charge on any atom is -0.370 e. The van der Waals surface area contributed by atoms with Crippen LogP contribution in [0.5, 0.6) is 0 Å². The number of thiophene rings is 1. The van der Waals surface area contributed by atoms with Crippen molar-refractivity contribution < 1.29 is 9.59 Å². The molecule has 0 aliphatic heterocycles. The van der Waals surface area contributed by atoms with Gasteiger partial charge in [0.2, 0.25) is 5.91 Å². The number of carbonyl (C=O) groups excluding carboxylic acids is 2. The van der Waals surface area contributed by atoms with Crippen molar-refractivity contribution in [2.24, 2.45) is 5.73 Å². The van der Waals surface area contributed by atoms with Gasteiger partial charge in [0.1, 0.15) is 4.88 Å². The molecule has 94 valence electrons. The molecule has 17 heavy (non-hydrogen) atoms. The van der Waals surface area contributed by atoms with Crippen molar-refractivity contribution in [1.82, 2.24) is 5.32 Å². The van der Waals surface area contributed by atoms with Crippen molar-refractivity contribution in [3.05, 3.63) is 20.3 Å². The van der Waals surface area contributed by atoms with E-state index in [-0.39, 0.29) is 11.8 Å². The SMILES string of the molecule is Cc1csc(C(=O)NCCCCC(N)=O)c1Br. The third-order valence-electron chi connectivity index (χ3n) is 2.24. The number of amides is 2. The van der Waals surface area contributed by atoms with Crippen molar-refractivity contribution in [3.63, 3.8) is 0 Å². The zero-order valence-electron chi connectivity index (χ0n) is 9.59. The van der Waals surface area contributed by atoms with E-state index in [1.807, 2.05) is 12.3 Å². The van der Waals surface area contributed by atoms with E-state index in [4.69, 9.17) is 5.73 Å². The van der Waals surface area contributed by atoms with Crippen LogP contribution in [0.1, 0.15) is 34.5 Å². The molecule has 0 radical (unpaired) electrons. The normalized spacial score (nSPS) is 10.2. The lowest BCUT2D eigenvalue weighted by atomic mass is 10.2. The highest BCUT2D eigenvalue weighted by Gasteiger charge is 2.13. The van der Waals surface area contributed by atoms with Crippen LogP contribution in [0.2, 0.25) is 0 Å². The fourth-order valence-corrected chi connectivity index (χ4v) is 2.87. The Bertz CT molecular complexity index is 418. The summed E-state index contributed by atoms with van der Waals surface area (Å²) in [5.74, 6) is -0.373. The maximum absolute atomic E-state index is 11.8. The zero-order valence-corrected chi connectivity index (χ0v) is 12.0. The largest absolute Gasteiger partial charge is 0.370 e. The van der Waals surface area contributed by atoms with Gasteiger partial charge in [0, 0.05) is 17.4 Å². The number of hydrogen-bond donors (Lipinski definition) is 2. The van der Waals surface area contributed by atoms with Gasteiger partial charge >= 0.3 is 0 Å². The smallest absolute Gasteiger partial charge is 0.262 e. The van der Waals surface area contributed by atoms with Crippen LogP contribution < -0.4 is 11.1 Å². The van der Waals surface area contributed by atoms with E-state index in [1.54, 1.807) is 0 Å². The number of primary amides is 1. The summed E-state index contributed by atoms with van der Waals surface area (Å²) >= 11 is 4.80. The molecule has 4 nitrogen and oxygen atoms in total. The number of nitrogens with two attached hydrogens (primary N) is 1. The van der Waals surface area contributed by atoms with Gasteiger partial charge in [-0.1, -0.05) is 0 Å². The van der Waals surface area contributed by atoms with Crippen LogP contribution in [0, 0.1) is 6.92 Å². The number of halogens is 1. The topological polar surface area (TPSA) is 72.2 Å². The summed E-state index contributed by atoms with van der Waals surface area (Å²) in [4.78, 5) is 22.9. The second-order valence-electron chi connectivity index (χ2n) is 3.74. The number of carbonyl (C=O) groups is 2. The van der Waals surface area contributed by atoms with Gasteiger partial charge in [-0.3, -0.25) is 9.59 Å². The second kappa shape index (κ2) is 6.76. The molecule has 3 N–H and O–H groups in total. The summed E-state index contributed by atoms with van der Waals surface area (Å²) in [7, 11) is 0. The predicted molar refractivity (Wildman–Crippen MR) is 72.1 cm³/mol. The number of unbranched alkanes of at least 4 members (excludes halogenated alkanes) is 1. The maximum Gasteiger partial charge on any atom is 0.262 e. The fourth-order valence-electron chi connectivity index (χ4n) is 1.29. The Morgan fingerprint density at radius 2 is 2.18 bits per heavy atom. The number of hydrogen-bond acceptors (Lipinski definition) is 3. The van der Waals surface area contributed by atoms with Crippen LogP contribution >= 0.6 is 27.3 Å². The van der Waals surface area contributed by atoms with Crippen LogP contribution in [0.25, 0.3) is 0 Å². The fraction of sp³-hybridized carbons (Fsp3) is 0.455. The lowest BCUT2D eigenvalue weighted by Gasteiger charge is -2.03. The van der Waals surface area contributed by atoms with Gasteiger partial charge in [0.15, 0.2) is 0 Å². The highest BCUT2D eigenvalue weighted by Crippen LogP contribution is 2.27. The van der Waals surface area contributed by atoms with Crippen LogP contribution in [0.3, 0.4) is 0 Å². The summed E-state index contributed by atoms with van der Waals surface area (Å²) in [6.07, 6.45) is 1.84. The molecule has 0 unspecified atom stereocenters. The van der Waals surface area contributed by atoms with Gasteiger partial charge in [-0.2, -0.15) is 0 Å². The first-order valence-corrected chi connectivity index (χ1v) is 6.99. The zero-order chi connectivity index (χ0) is 12.8. The maximum atomic E-state index is 11.8. The lowest BCUT2D eigenvalue weighted by molar-refractivity contribution is -0.118. The Balaban J connectivity index is 2.31. The molecular formula is C11H15BrN2O2S. The monoisotopic (exact) mass is 318 g/mol. The average Bonchev–Trinajstić information content (AvgIpc) is 2.59. The molecule has 0 saturated heterocycles. The molecule has 1 rings (SSSR count). The molecule has 6 heteroatoms. The Morgan fingerprint density at radius 1 is 1.47 bits per heavy atom. The Morgan fingerprint density at radius 3 is 2.71 bits per heavy atom. The quantitative estimate of drug-likeness (QED) is 0.789. The minimum absolute atomic E-state index is 0.0750. The van der Waals surface area contributed by atoms with E-state index >= 15 is 0 Å². The molecule has 0 spiro atoms. The van der Waals surface area contributed by atoms with E-state index < -0.39 is 0 Å². The van der Waals surface area contributed by atoms with E-state index in [0.717, 1.165) is 16.5 Å². The van der Waals surface area contributed by atoms with Crippen molar-refractivity contribution >= 4 is 39.1 Å². The molecule has 2 amide bonds. The summed E-state index contributed by atoms with van der Waals surface area (Å²) in [5, 5.41) is 4.75. The third kappa shape index (κ3) is 4.47. The number of nitrogens with one attached hydrogen (secondary N) is 1. The molecule has 0 bridgehead atoms. The lowest BCUT2D eigenvalue weighted by Crippen LogP contribution is -2.24. The Kier molecular flexibility index (Phi) is 5.64. The molecule has 0 atom stereocenters. The summed E-state index contributed by atoms with van der Waals surface area (Å²) in [6.45, 7) is 2.51. The van der Waals surface area contributed by atoms with E-state index in [0.29, 0.717) is 24.3 Å². The van der Waals surface area contributed by atoms with Crippen molar-refractivity contribution in [2.45, 2.75) is 26.2 Å². The van der Waals surface area contributed by atoms with Gasteiger partial charge < -0.3 is 11.1 Å². The Labute approximate surface area is 113 Å². The first-order valence-electron chi connectivity index (χ1n) is 5.32. The van der Waals surface area contributed by atoms with Gasteiger partial charge in [0.05, 0.1) is 0 Å². The average molecular weight is 319 g/mol. The highest BCUT2D eigenvalue weighted by molar-refractivity contribution is 9.10. The summed E-state index contributed by atoms with van der Waals surface area (Å²) in [5.41, 5.74) is 6.08. The second-order valence-corrected chi connectivity index (χ2v) is 5.41. The molecule has 1 aromatic rings. The van der Waals surface area contributed by atoms with Gasteiger partial charge in [-0.05, 0) is 46.6 Å². The Hall–Kier alpha value is -0.880. The molecule has 1 aromatic heterocycles. The third-order valence-corrected chi connectivity index (χ3v) is 4.62. The van der Waals surface area contributed by atoms with Crippen LogP contribution in [0.15, 0.2) is 9.85 Å². The minimum atomic E-state index is -0.298. The number of rotatable bonds is 6. The first-order chi connectivity index (χ1) is 8.02. The predicted octanol–water partition coefficient (Wildman–Crippen LogP) is 2.20. The van der Waals surface area contributed by atoms with E-state index in [2.05, 4.69) is 21.2 Å². The van der Waals surface area contributed by atoms with E-state index in [1.165, 1.54) is 11.3 Å².